The Labute approximate surface area is 176 Å². The van der Waals surface area contributed by atoms with Gasteiger partial charge >= 0.3 is 6.09 Å². The Morgan fingerprint density at radius 2 is 1.90 bits per heavy atom. The second kappa shape index (κ2) is 8.08. The predicted molar refractivity (Wildman–Crippen MR) is 111 cm³/mol. The zero-order valence-corrected chi connectivity index (χ0v) is 18.1. The maximum absolute atomic E-state index is 14.1. The van der Waals surface area contributed by atoms with Crippen LogP contribution in [-0.4, -0.2) is 39.5 Å². The van der Waals surface area contributed by atoms with Gasteiger partial charge in [-0.3, -0.25) is 4.79 Å². The second-order valence-corrected chi connectivity index (χ2v) is 9.01. The van der Waals surface area contributed by atoms with Crippen LogP contribution in [-0.2, 0) is 4.74 Å². The number of nitrogens with zero attached hydrogens (tertiary/aromatic N) is 2. The summed E-state index contributed by atoms with van der Waals surface area (Å²) < 4.78 is 20.8. The fraction of sp³-hybridized carbons (Fsp3) is 0.500. The highest BCUT2D eigenvalue weighted by Gasteiger charge is 2.43. The quantitative estimate of drug-likeness (QED) is 0.751. The summed E-state index contributed by atoms with van der Waals surface area (Å²) in [7, 11) is 0. The molecule has 0 saturated heterocycles. The van der Waals surface area contributed by atoms with Gasteiger partial charge in [0.15, 0.2) is 0 Å². The minimum atomic E-state index is -0.624. The van der Waals surface area contributed by atoms with Gasteiger partial charge in [-0.1, -0.05) is 12.1 Å². The molecule has 1 heterocycles. The molecule has 0 aliphatic heterocycles. The van der Waals surface area contributed by atoms with Gasteiger partial charge in [0.05, 0.1) is 23.0 Å². The molecule has 1 aliphatic carbocycles. The van der Waals surface area contributed by atoms with Crippen LogP contribution >= 0.6 is 0 Å². The number of para-hydroxylation sites is 1. The topological polar surface area (TPSA) is 85.2 Å². The van der Waals surface area contributed by atoms with Crippen LogP contribution in [0.5, 0.6) is 0 Å². The highest BCUT2D eigenvalue weighted by atomic mass is 19.1. The number of amides is 2. The first-order valence-electron chi connectivity index (χ1n) is 10.1. The molecule has 3 rings (SSSR count). The molecule has 162 valence electrons. The van der Waals surface area contributed by atoms with E-state index in [1.807, 2.05) is 6.92 Å². The van der Waals surface area contributed by atoms with E-state index in [9.17, 15) is 14.0 Å². The third kappa shape index (κ3) is 4.98. The first-order valence-corrected chi connectivity index (χ1v) is 10.1. The summed E-state index contributed by atoms with van der Waals surface area (Å²) in [6.45, 7) is 9.27. The van der Waals surface area contributed by atoms with Crippen LogP contribution in [0, 0.1) is 18.7 Å². The van der Waals surface area contributed by atoms with E-state index in [0.717, 1.165) is 12.8 Å². The van der Waals surface area contributed by atoms with Gasteiger partial charge in [0.2, 0.25) is 0 Å². The average molecular weight is 416 g/mol. The van der Waals surface area contributed by atoms with Gasteiger partial charge in [-0.05, 0) is 65.5 Å². The van der Waals surface area contributed by atoms with Gasteiger partial charge in [-0.25, -0.2) is 13.9 Å². The summed E-state index contributed by atoms with van der Waals surface area (Å²) in [6.07, 6.45) is 2.86. The number of hydrogen-bond acceptors (Lipinski definition) is 4. The largest absolute Gasteiger partial charge is 0.444 e. The monoisotopic (exact) mass is 416 g/mol. The van der Waals surface area contributed by atoms with Crippen LogP contribution in [0.3, 0.4) is 0 Å². The molecule has 1 aliphatic rings. The van der Waals surface area contributed by atoms with Crippen molar-refractivity contribution in [2.24, 2.45) is 5.92 Å². The van der Waals surface area contributed by atoms with Gasteiger partial charge in [0.25, 0.3) is 5.91 Å². The van der Waals surface area contributed by atoms with E-state index in [1.54, 1.807) is 45.9 Å². The molecular formula is C22H29FN4O3. The lowest BCUT2D eigenvalue weighted by atomic mass is 9.95. The Balaban J connectivity index is 1.73. The van der Waals surface area contributed by atoms with Crippen molar-refractivity contribution in [1.29, 1.82) is 0 Å². The van der Waals surface area contributed by atoms with Crippen LogP contribution in [0.15, 0.2) is 30.5 Å². The molecule has 1 aromatic heterocycles. The maximum atomic E-state index is 14.1. The number of benzene rings is 1. The van der Waals surface area contributed by atoms with Crippen molar-refractivity contribution in [3.8, 4) is 5.69 Å². The molecule has 0 bridgehead atoms. The van der Waals surface area contributed by atoms with E-state index in [4.69, 9.17) is 4.74 Å². The molecule has 1 fully saturated rings. The minimum absolute atomic E-state index is 0.249. The highest BCUT2D eigenvalue weighted by molar-refractivity contribution is 5.95. The van der Waals surface area contributed by atoms with Crippen LogP contribution < -0.4 is 10.6 Å². The van der Waals surface area contributed by atoms with Crippen molar-refractivity contribution in [3.05, 3.63) is 47.5 Å². The van der Waals surface area contributed by atoms with E-state index in [-0.39, 0.29) is 24.1 Å². The van der Waals surface area contributed by atoms with E-state index in [2.05, 4.69) is 15.7 Å². The van der Waals surface area contributed by atoms with Crippen molar-refractivity contribution in [2.45, 2.75) is 58.6 Å². The Hall–Kier alpha value is -2.90. The number of ether oxygens (including phenoxy) is 1. The number of aromatic nitrogens is 2. The Kier molecular flexibility index (Phi) is 5.87. The predicted octanol–water partition coefficient (Wildman–Crippen LogP) is 3.74. The standard InChI is InChI=1S/C22H29FN4O3/c1-14-16(12-25-27(14)18-9-7-6-8-17(18)23)19(28)26-22(5,15-10-11-15)13-24-20(29)30-21(2,3)4/h6-9,12,15H,10-11,13H2,1-5H3,(H,24,29)(H,26,28). The maximum Gasteiger partial charge on any atom is 0.407 e. The van der Waals surface area contributed by atoms with Gasteiger partial charge in [0, 0.05) is 6.54 Å². The summed E-state index contributed by atoms with van der Waals surface area (Å²) in [4.78, 5) is 25.1. The third-order valence-electron chi connectivity index (χ3n) is 5.21. The third-order valence-corrected chi connectivity index (χ3v) is 5.21. The number of alkyl carbamates (subject to hydrolysis) is 1. The lowest BCUT2D eigenvalue weighted by molar-refractivity contribution is 0.0502. The molecule has 0 spiro atoms. The number of carbonyl (C=O) groups excluding carboxylic acids is 2. The van der Waals surface area contributed by atoms with Gasteiger partial charge in [-0.15, -0.1) is 0 Å². The van der Waals surface area contributed by atoms with Crippen molar-refractivity contribution in [3.63, 3.8) is 0 Å². The van der Waals surface area contributed by atoms with Crippen LogP contribution in [0.1, 0.15) is 56.6 Å². The first kappa shape index (κ1) is 21.8. The van der Waals surface area contributed by atoms with Gasteiger partial charge in [-0.2, -0.15) is 5.10 Å². The molecule has 1 saturated carbocycles. The van der Waals surface area contributed by atoms with Crippen molar-refractivity contribution in [2.75, 3.05) is 6.54 Å². The molecule has 1 atom stereocenters. The fourth-order valence-corrected chi connectivity index (χ4v) is 3.41. The van der Waals surface area contributed by atoms with Crippen molar-refractivity contribution >= 4 is 12.0 Å². The SMILES string of the molecule is Cc1c(C(=O)NC(C)(CNC(=O)OC(C)(C)C)C2CC2)cnn1-c1ccccc1F. The summed E-state index contributed by atoms with van der Waals surface area (Å²) in [6, 6.07) is 6.27. The number of carbonyl (C=O) groups is 2. The van der Waals surface area contributed by atoms with Crippen LogP contribution in [0.2, 0.25) is 0 Å². The summed E-state index contributed by atoms with van der Waals surface area (Å²) in [5.74, 6) is -0.464. The number of hydrogen-bond donors (Lipinski definition) is 2. The molecule has 30 heavy (non-hydrogen) atoms. The molecule has 1 unspecified atom stereocenters. The normalized spacial score (nSPS) is 15.9. The average Bonchev–Trinajstić information content (AvgIpc) is 3.43. The summed E-state index contributed by atoms with van der Waals surface area (Å²) >= 11 is 0. The smallest absolute Gasteiger partial charge is 0.407 e. The van der Waals surface area contributed by atoms with Crippen molar-refractivity contribution in [1.82, 2.24) is 20.4 Å². The van der Waals surface area contributed by atoms with E-state index < -0.39 is 23.1 Å². The van der Waals surface area contributed by atoms with Crippen molar-refractivity contribution < 1.29 is 18.7 Å². The van der Waals surface area contributed by atoms with E-state index in [1.165, 1.54) is 16.9 Å². The second-order valence-electron chi connectivity index (χ2n) is 9.01. The lowest BCUT2D eigenvalue weighted by Crippen LogP contribution is -2.55. The van der Waals surface area contributed by atoms with E-state index >= 15 is 0 Å². The Morgan fingerprint density at radius 3 is 2.50 bits per heavy atom. The minimum Gasteiger partial charge on any atom is -0.444 e. The molecule has 2 N–H and O–H groups in total. The summed E-state index contributed by atoms with van der Waals surface area (Å²) in [5.41, 5.74) is -0.0359. The molecule has 8 heteroatoms. The number of halogens is 1. The first-order chi connectivity index (χ1) is 14.0. The Bertz CT molecular complexity index is 946. The van der Waals surface area contributed by atoms with Crippen LogP contribution in [0.25, 0.3) is 5.69 Å². The summed E-state index contributed by atoms with van der Waals surface area (Å²) in [5, 5.41) is 10.0. The van der Waals surface area contributed by atoms with E-state index in [0.29, 0.717) is 11.3 Å². The molecule has 0 radical (unpaired) electrons. The zero-order valence-electron chi connectivity index (χ0n) is 18.1. The highest BCUT2D eigenvalue weighted by Crippen LogP contribution is 2.39. The molecule has 2 amide bonds. The molecule has 1 aromatic carbocycles. The van der Waals surface area contributed by atoms with Gasteiger partial charge in [0.1, 0.15) is 17.1 Å². The van der Waals surface area contributed by atoms with Gasteiger partial charge < -0.3 is 15.4 Å². The number of rotatable bonds is 6. The Morgan fingerprint density at radius 1 is 1.23 bits per heavy atom. The molecule has 7 nitrogen and oxygen atoms in total. The van der Waals surface area contributed by atoms with Crippen LogP contribution in [0.4, 0.5) is 9.18 Å². The molecule has 2 aromatic rings. The fourth-order valence-electron chi connectivity index (χ4n) is 3.41. The lowest BCUT2D eigenvalue weighted by Gasteiger charge is -2.32. The molecular weight excluding hydrogens is 387 g/mol. The number of nitrogens with one attached hydrogen (secondary N) is 2. The zero-order chi connectivity index (χ0) is 22.1.